The number of rotatable bonds is 9. The van der Waals surface area contributed by atoms with Gasteiger partial charge in [-0.2, -0.15) is 0 Å². The maximum absolute atomic E-state index is 12.7. The smallest absolute Gasteiger partial charge is 0.286 e. The van der Waals surface area contributed by atoms with Crippen molar-refractivity contribution in [2.24, 2.45) is 0 Å². The van der Waals surface area contributed by atoms with Crippen molar-refractivity contribution in [1.29, 1.82) is 0 Å². The lowest BCUT2D eigenvalue weighted by Crippen LogP contribution is -2.29. The molecule has 2 aromatic rings. The van der Waals surface area contributed by atoms with Gasteiger partial charge in [0.15, 0.2) is 11.5 Å². The summed E-state index contributed by atoms with van der Waals surface area (Å²) < 4.78 is 10.6. The molecular formula is C20H24N2O5. The Hall–Kier alpha value is -3.09. The van der Waals surface area contributed by atoms with Gasteiger partial charge in [-0.05, 0) is 18.9 Å². The number of hydrogen-bond donors (Lipinski definition) is 1. The number of carbonyl (C=O) groups excluding carboxylic acids is 1. The van der Waals surface area contributed by atoms with Crippen molar-refractivity contribution in [1.82, 2.24) is 5.32 Å². The van der Waals surface area contributed by atoms with Crippen molar-refractivity contribution in [2.75, 3.05) is 20.3 Å². The number of hydrogen-bond acceptors (Lipinski definition) is 5. The lowest BCUT2D eigenvalue weighted by Gasteiger charge is -2.17. The molecule has 7 heteroatoms. The quantitative estimate of drug-likeness (QED) is 0.532. The van der Waals surface area contributed by atoms with Crippen LogP contribution in [-0.2, 0) is 0 Å². The van der Waals surface area contributed by atoms with Gasteiger partial charge in [0.1, 0.15) is 5.56 Å². The number of amides is 1. The Morgan fingerprint density at radius 2 is 1.89 bits per heavy atom. The molecule has 1 atom stereocenters. The van der Waals surface area contributed by atoms with Crippen molar-refractivity contribution in [3.05, 3.63) is 63.7 Å². The van der Waals surface area contributed by atoms with Crippen molar-refractivity contribution in [2.45, 2.75) is 26.2 Å². The molecule has 0 aliphatic heterocycles. The first-order chi connectivity index (χ1) is 13.0. The van der Waals surface area contributed by atoms with Gasteiger partial charge < -0.3 is 14.8 Å². The number of nitrogens with zero attached hydrogens (tertiary/aromatic N) is 1. The zero-order valence-corrected chi connectivity index (χ0v) is 15.7. The fraction of sp³-hybridized carbons (Fsp3) is 0.350. The summed E-state index contributed by atoms with van der Waals surface area (Å²) in [7, 11) is 1.40. The highest BCUT2D eigenvalue weighted by molar-refractivity contribution is 5.99. The molecule has 1 N–H and O–H groups in total. The van der Waals surface area contributed by atoms with E-state index in [2.05, 4.69) is 5.32 Å². The average Bonchev–Trinajstić information content (AvgIpc) is 2.68. The second-order valence-electron chi connectivity index (χ2n) is 5.94. The van der Waals surface area contributed by atoms with Gasteiger partial charge in [-0.15, -0.1) is 0 Å². The van der Waals surface area contributed by atoms with Crippen LogP contribution in [0.4, 0.5) is 5.69 Å². The summed E-state index contributed by atoms with van der Waals surface area (Å²) in [6, 6.07) is 12.4. The Morgan fingerprint density at radius 3 is 2.44 bits per heavy atom. The van der Waals surface area contributed by atoms with Crippen LogP contribution in [0, 0.1) is 10.1 Å². The molecule has 2 aromatic carbocycles. The van der Waals surface area contributed by atoms with Crippen LogP contribution in [0.2, 0.25) is 0 Å². The van der Waals surface area contributed by atoms with E-state index >= 15 is 0 Å². The van der Waals surface area contributed by atoms with Crippen LogP contribution < -0.4 is 14.8 Å². The molecule has 0 aliphatic carbocycles. The van der Waals surface area contributed by atoms with E-state index in [0.29, 0.717) is 18.9 Å². The number of nitro groups is 1. The summed E-state index contributed by atoms with van der Waals surface area (Å²) in [5.74, 6) is 0.125. The van der Waals surface area contributed by atoms with Crippen molar-refractivity contribution < 1.29 is 19.2 Å². The van der Waals surface area contributed by atoms with E-state index in [1.54, 1.807) is 6.92 Å². The Bertz CT molecular complexity index is 792. The second-order valence-corrected chi connectivity index (χ2v) is 5.94. The van der Waals surface area contributed by atoms with Gasteiger partial charge in [-0.3, -0.25) is 14.9 Å². The standard InChI is InChI=1S/C20H24N2O5/c1-4-14(15-9-7-6-8-10-15)13-21-20(23)16-11-19(27-5-2)18(26-3)12-17(16)22(24)25/h6-12,14H,4-5,13H2,1-3H3,(H,21,23)/t14-/m0/s1. The average molecular weight is 372 g/mol. The topological polar surface area (TPSA) is 90.7 Å². The Kier molecular flexibility index (Phi) is 7.16. The molecule has 0 radical (unpaired) electrons. The zero-order chi connectivity index (χ0) is 19.8. The highest BCUT2D eigenvalue weighted by Crippen LogP contribution is 2.34. The molecule has 27 heavy (non-hydrogen) atoms. The summed E-state index contributed by atoms with van der Waals surface area (Å²) in [5.41, 5.74) is 0.743. The van der Waals surface area contributed by atoms with Crippen LogP contribution in [0.5, 0.6) is 11.5 Å². The summed E-state index contributed by atoms with van der Waals surface area (Å²) in [4.78, 5) is 23.5. The van der Waals surface area contributed by atoms with Gasteiger partial charge in [0.2, 0.25) is 0 Å². The normalized spacial score (nSPS) is 11.5. The van der Waals surface area contributed by atoms with Gasteiger partial charge in [0, 0.05) is 18.5 Å². The third-order valence-corrected chi connectivity index (χ3v) is 4.30. The van der Waals surface area contributed by atoms with E-state index in [-0.39, 0.29) is 22.9 Å². The second kappa shape index (κ2) is 9.56. The zero-order valence-electron chi connectivity index (χ0n) is 15.7. The first-order valence-corrected chi connectivity index (χ1v) is 8.84. The molecule has 0 spiro atoms. The fourth-order valence-electron chi connectivity index (χ4n) is 2.84. The van der Waals surface area contributed by atoms with E-state index in [1.165, 1.54) is 19.2 Å². The molecule has 0 unspecified atom stereocenters. The van der Waals surface area contributed by atoms with Crippen LogP contribution >= 0.6 is 0 Å². The van der Waals surface area contributed by atoms with Crippen LogP contribution in [0.25, 0.3) is 0 Å². The van der Waals surface area contributed by atoms with Crippen molar-refractivity contribution in [3.8, 4) is 11.5 Å². The van der Waals surface area contributed by atoms with Crippen LogP contribution in [0.3, 0.4) is 0 Å². The highest BCUT2D eigenvalue weighted by atomic mass is 16.6. The number of benzene rings is 2. The number of carbonyl (C=O) groups is 1. The van der Waals surface area contributed by atoms with Gasteiger partial charge in [0.25, 0.3) is 11.6 Å². The SMILES string of the molecule is CCOc1cc(C(=O)NC[C@H](CC)c2ccccc2)c([N+](=O)[O-])cc1OC. The number of methoxy groups -OCH3 is 1. The van der Waals surface area contributed by atoms with E-state index < -0.39 is 10.8 Å². The monoisotopic (exact) mass is 372 g/mol. The summed E-state index contributed by atoms with van der Waals surface area (Å²) in [5, 5.41) is 14.2. The van der Waals surface area contributed by atoms with E-state index in [1.807, 2.05) is 37.3 Å². The predicted molar refractivity (Wildman–Crippen MR) is 103 cm³/mol. The molecule has 0 saturated heterocycles. The summed E-state index contributed by atoms with van der Waals surface area (Å²) in [6.07, 6.45) is 0.833. The molecule has 1 amide bonds. The molecule has 7 nitrogen and oxygen atoms in total. The fourth-order valence-corrected chi connectivity index (χ4v) is 2.84. The molecule has 2 rings (SSSR count). The molecule has 0 heterocycles. The van der Waals surface area contributed by atoms with E-state index in [0.717, 1.165) is 12.0 Å². The third-order valence-electron chi connectivity index (χ3n) is 4.30. The molecule has 0 aliphatic rings. The van der Waals surface area contributed by atoms with Gasteiger partial charge in [0.05, 0.1) is 24.7 Å². The minimum absolute atomic E-state index is 0.0489. The molecular weight excluding hydrogens is 348 g/mol. The van der Waals surface area contributed by atoms with Crippen molar-refractivity contribution >= 4 is 11.6 Å². The maximum atomic E-state index is 12.7. The third kappa shape index (κ3) is 4.97. The Morgan fingerprint density at radius 1 is 1.19 bits per heavy atom. The summed E-state index contributed by atoms with van der Waals surface area (Å²) in [6.45, 7) is 4.55. The van der Waals surface area contributed by atoms with Crippen LogP contribution in [-0.4, -0.2) is 31.1 Å². The lowest BCUT2D eigenvalue weighted by molar-refractivity contribution is -0.385. The predicted octanol–water partition coefficient (Wildman–Crippen LogP) is 3.93. The lowest BCUT2D eigenvalue weighted by atomic mass is 9.96. The number of nitro benzene ring substituents is 1. The number of nitrogens with one attached hydrogen (secondary N) is 1. The highest BCUT2D eigenvalue weighted by Gasteiger charge is 2.25. The van der Waals surface area contributed by atoms with E-state index in [4.69, 9.17) is 9.47 Å². The first kappa shape index (κ1) is 20.2. The first-order valence-electron chi connectivity index (χ1n) is 8.84. The van der Waals surface area contributed by atoms with Gasteiger partial charge in [-0.25, -0.2) is 0 Å². The van der Waals surface area contributed by atoms with Gasteiger partial charge in [-0.1, -0.05) is 37.3 Å². The Labute approximate surface area is 158 Å². The number of ether oxygens (including phenoxy) is 2. The Balaban J connectivity index is 2.26. The molecule has 0 bridgehead atoms. The molecule has 144 valence electrons. The molecule has 0 aromatic heterocycles. The minimum atomic E-state index is -0.596. The van der Waals surface area contributed by atoms with Crippen LogP contribution in [0.15, 0.2) is 42.5 Å². The maximum Gasteiger partial charge on any atom is 0.286 e. The molecule has 0 fully saturated rings. The van der Waals surface area contributed by atoms with Crippen molar-refractivity contribution in [3.63, 3.8) is 0 Å². The van der Waals surface area contributed by atoms with Crippen LogP contribution in [0.1, 0.15) is 42.1 Å². The minimum Gasteiger partial charge on any atom is -0.493 e. The molecule has 0 saturated carbocycles. The van der Waals surface area contributed by atoms with E-state index in [9.17, 15) is 14.9 Å². The summed E-state index contributed by atoms with van der Waals surface area (Å²) >= 11 is 0. The van der Waals surface area contributed by atoms with Gasteiger partial charge >= 0.3 is 0 Å². The largest absolute Gasteiger partial charge is 0.493 e.